The van der Waals surface area contributed by atoms with Crippen LogP contribution in [-0.2, 0) is 23.0 Å². The van der Waals surface area contributed by atoms with Crippen LogP contribution in [0.2, 0.25) is 0 Å². The number of fused-ring (bicyclic) bond motifs is 1. The monoisotopic (exact) mass is 348 g/mol. The fourth-order valence-corrected chi connectivity index (χ4v) is 3.31. The molecule has 1 aliphatic rings. The molecule has 0 unspecified atom stereocenters. The van der Waals surface area contributed by atoms with Crippen LogP contribution in [0.1, 0.15) is 5.56 Å². The van der Waals surface area contributed by atoms with Crippen LogP contribution in [0.4, 0.5) is 19.1 Å². The molecule has 0 bridgehead atoms. The van der Waals surface area contributed by atoms with Gasteiger partial charge in [-0.3, -0.25) is 0 Å². The Balaban J connectivity index is 1.84. The summed E-state index contributed by atoms with van der Waals surface area (Å²) in [6.07, 6.45) is -3.08. The Bertz CT molecular complexity index is 832. The van der Waals surface area contributed by atoms with E-state index in [0.29, 0.717) is 17.7 Å². The van der Waals surface area contributed by atoms with Gasteiger partial charge in [0.2, 0.25) is 0 Å². The Hall–Kier alpha value is -2.30. The van der Waals surface area contributed by atoms with Crippen molar-refractivity contribution in [2.75, 3.05) is 11.3 Å². The molecular weight excluding hydrogens is 337 g/mol. The van der Waals surface area contributed by atoms with E-state index in [9.17, 15) is 21.6 Å². The van der Waals surface area contributed by atoms with Gasteiger partial charge >= 0.3 is 6.18 Å². The maximum atomic E-state index is 12.4. The third-order valence-corrected chi connectivity index (χ3v) is 4.42. The summed E-state index contributed by atoms with van der Waals surface area (Å²) in [5.41, 5.74) is 0.753. The lowest BCUT2D eigenvalue weighted by Crippen LogP contribution is -2.19. The van der Waals surface area contributed by atoms with E-state index >= 15 is 0 Å². The lowest BCUT2D eigenvalue weighted by Gasteiger charge is -2.09. The topological polar surface area (TPSA) is 86.1 Å². The molecule has 3 rings (SSSR count). The van der Waals surface area contributed by atoms with Gasteiger partial charge in [-0.15, -0.1) is 5.10 Å². The Morgan fingerprint density at radius 3 is 2.87 bits per heavy atom. The minimum atomic E-state index is -4.47. The van der Waals surface area contributed by atoms with E-state index in [2.05, 4.69) is 14.8 Å². The van der Waals surface area contributed by atoms with Gasteiger partial charge in [-0.05, 0) is 11.6 Å². The van der Waals surface area contributed by atoms with Crippen molar-refractivity contribution in [3.63, 3.8) is 0 Å². The fraction of sp³-hybridized carbons (Fsp3) is 0.333. The lowest BCUT2D eigenvalue weighted by atomic mass is 10.2. The van der Waals surface area contributed by atoms with Crippen molar-refractivity contribution in [1.82, 2.24) is 14.8 Å². The fourth-order valence-electron chi connectivity index (χ4n) is 2.17. The largest absolute Gasteiger partial charge is 0.492 e. The van der Waals surface area contributed by atoms with Gasteiger partial charge in [-0.2, -0.15) is 18.2 Å². The minimum Gasteiger partial charge on any atom is -0.492 e. The van der Waals surface area contributed by atoms with Gasteiger partial charge in [0.15, 0.2) is 0 Å². The Labute approximate surface area is 129 Å². The molecule has 1 aliphatic heterocycles. The zero-order chi connectivity index (χ0) is 16.7. The summed E-state index contributed by atoms with van der Waals surface area (Å²) in [5, 5.41) is 3.45. The van der Waals surface area contributed by atoms with Gasteiger partial charge < -0.3 is 4.74 Å². The second kappa shape index (κ2) is 5.41. The molecule has 1 N–H and O–H groups in total. The number of benzene rings is 1. The van der Waals surface area contributed by atoms with Crippen molar-refractivity contribution in [1.29, 1.82) is 0 Å². The molecule has 124 valence electrons. The number of sulfonamides is 1. The average molecular weight is 348 g/mol. The summed E-state index contributed by atoms with van der Waals surface area (Å²) in [7, 11) is -4.06. The average Bonchev–Trinajstić information content (AvgIpc) is 3.04. The molecule has 0 fully saturated rings. The number of anilines is 1. The molecule has 1 aromatic heterocycles. The van der Waals surface area contributed by atoms with E-state index in [1.807, 2.05) is 0 Å². The summed E-state index contributed by atoms with van der Waals surface area (Å²) in [4.78, 5) is 3.43. The van der Waals surface area contributed by atoms with E-state index < -0.39 is 28.7 Å². The predicted octanol–water partition coefficient (Wildman–Crippen LogP) is 1.58. The number of para-hydroxylation sites is 1. The summed E-state index contributed by atoms with van der Waals surface area (Å²) in [6.45, 7) is -0.980. The van der Waals surface area contributed by atoms with E-state index in [4.69, 9.17) is 4.74 Å². The summed E-state index contributed by atoms with van der Waals surface area (Å²) in [5.74, 6) is -0.195. The number of ether oxygens (including phenoxy) is 1. The Morgan fingerprint density at radius 2 is 2.13 bits per heavy atom. The van der Waals surface area contributed by atoms with Crippen LogP contribution in [0.15, 0.2) is 29.4 Å². The van der Waals surface area contributed by atoms with E-state index in [1.165, 1.54) is 6.07 Å². The summed E-state index contributed by atoms with van der Waals surface area (Å²) >= 11 is 0. The first-order valence-corrected chi connectivity index (χ1v) is 7.97. The Morgan fingerprint density at radius 1 is 1.35 bits per heavy atom. The maximum Gasteiger partial charge on any atom is 0.408 e. The van der Waals surface area contributed by atoms with Crippen molar-refractivity contribution in [2.45, 2.75) is 24.0 Å². The van der Waals surface area contributed by atoms with Gasteiger partial charge in [0, 0.05) is 6.42 Å². The third kappa shape index (κ3) is 3.38. The highest BCUT2D eigenvalue weighted by molar-refractivity contribution is 7.92. The first-order valence-electron chi connectivity index (χ1n) is 6.48. The number of nitrogens with one attached hydrogen (secondary N) is 1. The summed E-state index contributed by atoms with van der Waals surface area (Å²) < 4.78 is 69.4. The van der Waals surface area contributed by atoms with Gasteiger partial charge in [-0.1, -0.05) is 12.1 Å². The van der Waals surface area contributed by atoms with Crippen LogP contribution in [0.5, 0.6) is 5.75 Å². The molecule has 23 heavy (non-hydrogen) atoms. The number of halogens is 3. The standard InChI is InChI=1S/C12H11F3N4O3S/c13-12(14,15)6-19-7-16-11(17-19)18-23(20,21)9-3-1-2-8-4-5-22-10(8)9/h1-3,7H,4-6H2,(H,17,18). The molecule has 7 nitrogen and oxygen atoms in total. The van der Waals surface area contributed by atoms with Crippen molar-refractivity contribution in [3.8, 4) is 5.75 Å². The van der Waals surface area contributed by atoms with Gasteiger partial charge in [0.25, 0.3) is 16.0 Å². The van der Waals surface area contributed by atoms with Crippen molar-refractivity contribution in [2.24, 2.45) is 0 Å². The molecule has 0 saturated carbocycles. The van der Waals surface area contributed by atoms with Crippen molar-refractivity contribution >= 4 is 16.0 Å². The highest BCUT2D eigenvalue weighted by atomic mass is 32.2. The predicted molar refractivity (Wildman–Crippen MR) is 72.5 cm³/mol. The normalized spacial score (nSPS) is 14.4. The minimum absolute atomic E-state index is 0.0975. The lowest BCUT2D eigenvalue weighted by molar-refractivity contribution is -0.142. The zero-order valence-electron chi connectivity index (χ0n) is 11.5. The molecule has 1 aromatic carbocycles. The molecule has 0 amide bonds. The van der Waals surface area contributed by atoms with Gasteiger partial charge in [0.05, 0.1) is 6.61 Å². The maximum absolute atomic E-state index is 12.4. The molecule has 0 atom stereocenters. The molecular formula is C12H11F3N4O3S. The second-order valence-electron chi connectivity index (χ2n) is 4.83. The number of hydrogen-bond acceptors (Lipinski definition) is 5. The van der Waals surface area contributed by atoms with Crippen LogP contribution < -0.4 is 9.46 Å². The molecule has 0 aliphatic carbocycles. The third-order valence-electron chi connectivity index (χ3n) is 3.07. The number of nitrogens with zero attached hydrogens (tertiary/aromatic N) is 3. The van der Waals surface area contributed by atoms with E-state index in [1.54, 1.807) is 12.1 Å². The molecule has 0 radical (unpaired) electrons. The smallest absolute Gasteiger partial charge is 0.408 e. The molecule has 2 heterocycles. The van der Waals surface area contributed by atoms with E-state index in [-0.39, 0.29) is 10.6 Å². The van der Waals surface area contributed by atoms with Crippen molar-refractivity contribution < 1.29 is 26.3 Å². The number of rotatable bonds is 4. The molecule has 0 spiro atoms. The SMILES string of the molecule is O=S(=O)(Nc1ncn(CC(F)(F)F)n1)c1cccc2c1OCC2. The van der Waals surface area contributed by atoms with E-state index in [0.717, 1.165) is 11.9 Å². The highest BCUT2D eigenvalue weighted by Crippen LogP contribution is 2.33. The second-order valence-corrected chi connectivity index (χ2v) is 6.48. The van der Waals surface area contributed by atoms with Crippen LogP contribution in [-0.4, -0.2) is 36.0 Å². The molecule has 0 saturated heterocycles. The first-order chi connectivity index (χ1) is 10.7. The number of hydrogen-bond donors (Lipinski definition) is 1. The Kier molecular flexibility index (Phi) is 3.66. The van der Waals surface area contributed by atoms with Crippen LogP contribution in [0.3, 0.4) is 0 Å². The van der Waals surface area contributed by atoms with Gasteiger partial charge in [-0.25, -0.2) is 17.8 Å². The highest BCUT2D eigenvalue weighted by Gasteiger charge is 2.30. The quantitative estimate of drug-likeness (QED) is 0.907. The summed E-state index contributed by atoms with van der Waals surface area (Å²) in [6, 6.07) is 4.66. The number of aromatic nitrogens is 3. The van der Waals surface area contributed by atoms with Crippen LogP contribution >= 0.6 is 0 Å². The first kappa shape index (κ1) is 15.6. The van der Waals surface area contributed by atoms with Crippen molar-refractivity contribution in [3.05, 3.63) is 30.1 Å². The van der Waals surface area contributed by atoms with Gasteiger partial charge in [0.1, 0.15) is 23.5 Å². The number of alkyl halides is 3. The molecule has 11 heteroatoms. The molecule has 2 aromatic rings. The van der Waals surface area contributed by atoms with Crippen LogP contribution in [0, 0.1) is 0 Å². The zero-order valence-corrected chi connectivity index (χ0v) is 12.4. The van der Waals surface area contributed by atoms with Crippen LogP contribution in [0.25, 0.3) is 0 Å².